The summed E-state index contributed by atoms with van der Waals surface area (Å²) in [5.74, 6) is 1.49. The number of Topliss-reactive ketones (excluding diaryl/α,β-unsaturated/α-hetero) is 1. The normalized spacial score (nSPS) is 23.6. The fraction of sp³-hybridized carbons (Fsp3) is 0.188. The molecular formula is C16H16NO3+. The molecule has 0 unspecified atom stereocenters. The summed E-state index contributed by atoms with van der Waals surface area (Å²) in [5.41, 5.74) is 1.53. The molecular weight excluding hydrogens is 254 g/mol. The van der Waals surface area contributed by atoms with Gasteiger partial charge >= 0.3 is 0 Å². The Morgan fingerprint density at radius 1 is 1.00 bits per heavy atom. The van der Waals surface area contributed by atoms with E-state index in [0.717, 1.165) is 11.1 Å². The smallest absolute Gasteiger partial charge is 0.196 e. The first kappa shape index (κ1) is 12.7. The molecule has 4 heteroatoms. The Balaban J connectivity index is 1.92. The summed E-state index contributed by atoms with van der Waals surface area (Å²) in [6.07, 6.45) is 6.85. The number of likely N-dealkylation sites (tertiary alicyclic amines) is 1. The molecule has 0 aromatic carbocycles. The van der Waals surface area contributed by atoms with Gasteiger partial charge < -0.3 is 13.7 Å². The van der Waals surface area contributed by atoms with Gasteiger partial charge in [-0.2, -0.15) is 0 Å². The average Bonchev–Trinajstić information content (AvgIpc) is 3.08. The first-order valence-electron chi connectivity index (χ1n) is 6.56. The molecule has 4 nitrogen and oxygen atoms in total. The minimum absolute atomic E-state index is 0.0726. The number of ketones is 1. The van der Waals surface area contributed by atoms with Crippen LogP contribution in [-0.4, -0.2) is 25.9 Å². The van der Waals surface area contributed by atoms with Crippen molar-refractivity contribution in [3.05, 3.63) is 59.5 Å². The Morgan fingerprint density at radius 3 is 1.90 bits per heavy atom. The molecule has 0 aliphatic carbocycles. The van der Waals surface area contributed by atoms with Crippen LogP contribution in [0.2, 0.25) is 0 Å². The molecule has 0 bridgehead atoms. The van der Waals surface area contributed by atoms with E-state index in [4.69, 9.17) is 8.83 Å². The Kier molecular flexibility index (Phi) is 3.39. The van der Waals surface area contributed by atoms with Crippen molar-refractivity contribution in [3.63, 3.8) is 0 Å². The van der Waals surface area contributed by atoms with Crippen LogP contribution in [-0.2, 0) is 4.79 Å². The van der Waals surface area contributed by atoms with Gasteiger partial charge in [-0.3, -0.25) is 4.79 Å². The van der Waals surface area contributed by atoms with Gasteiger partial charge in [-0.1, -0.05) is 0 Å². The van der Waals surface area contributed by atoms with Crippen molar-refractivity contribution in [2.24, 2.45) is 0 Å². The molecule has 0 radical (unpaired) electrons. The van der Waals surface area contributed by atoms with Crippen LogP contribution in [0.4, 0.5) is 0 Å². The largest absolute Gasteiger partial charge is 0.465 e. The number of nitrogens with one attached hydrogen (secondary N) is 1. The number of likely N-dealkylation sites (N-methyl/N-ethyl adjacent to an activating group) is 1. The number of hydrogen-bond donors (Lipinski definition) is 1. The van der Waals surface area contributed by atoms with Gasteiger partial charge in [-0.25, -0.2) is 0 Å². The van der Waals surface area contributed by atoms with E-state index in [1.807, 2.05) is 36.4 Å². The summed E-state index contributed by atoms with van der Waals surface area (Å²) in [7, 11) is 2.07. The molecule has 2 aromatic heterocycles. The van der Waals surface area contributed by atoms with E-state index in [2.05, 4.69) is 7.05 Å². The van der Waals surface area contributed by atoms with Gasteiger partial charge in [0.2, 0.25) is 0 Å². The highest BCUT2D eigenvalue weighted by molar-refractivity contribution is 6.13. The predicted octanol–water partition coefficient (Wildman–Crippen LogP) is 1.44. The summed E-state index contributed by atoms with van der Waals surface area (Å²) in [6, 6.07) is 7.33. The molecule has 1 fully saturated rings. The molecule has 0 spiro atoms. The predicted molar refractivity (Wildman–Crippen MR) is 75.0 cm³/mol. The lowest BCUT2D eigenvalue weighted by molar-refractivity contribution is -0.870. The molecule has 102 valence electrons. The van der Waals surface area contributed by atoms with Crippen LogP contribution in [0, 0.1) is 0 Å². The highest BCUT2D eigenvalue weighted by Crippen LogP contribution is 2.16. The van der Waals surface area contributed by atoms with Crippen molar-refractivity contribution in [1.82, 2.24) is 0 Å². The second-order valence-electron chi connectivity index (χ2n) is 5.01. The summed E-state index contributed by atoms with van der Waals surface area (Å²) in [5, 5.41) is 0. The zero-order valence-electron chi connectivity index (χ0n) is 11.3. The Morgan fingerprint density at radius 2 is 1.50 bits per heavy atom. The second kappa shape index (κ2) is 5.35. The number of rotatable bonds is 2. The second-order valence-corrected chi connectivity index (χ2v) is 5.01. The highest BCUT2D eigenvalue weighted by Gasteiger charge is 2.27. The summed E-state index contributed by atoms with van der Waals surface area (Å²) >= 11 is 0. The molecule has 1 saturated heterocycles. The monoisotopic (exact) mass is 270 g/mol. The van der Waals surface area contributed by atoms with E-state index in [1.54, 1.807) is 12.5 Å². The van der Waals surface area contributed by atoms with Crippen LogP contribution in [0.1, 0.15) is 11.5 Å². The maximum absolute atomic E-state index is 12.5. The number of carbonyl (C=O) groups is 1. The average molecular weight is 270 g/mol. The van der Waals surface area contributed by atoms with Crippen LogP contribution < -0.4 is 4.90 Å². The van der Waals surface area contributed by atoms with E-state index >= 15 is 0 Å². The topological polar surface area (TPSA) is 47.8 Å². The molecule has 0 atom stereocenters. The minimum atomic E-state index is 0.0726. The maximum atomic E-state index is 12.5. The van der Waals surface area contributed by atoms with Crippen LogP contribution in [0.15, 0.2) is 56.8 Å². The van der Waals surface area contributed by atoms with E-state index in [9.17, 15) is 4.79 Å². The lowest BCUT2D eigenvalue weighted by Gasteiger charge is -2.22. The lowest BCUT2D eigenvalue weighted by Crippen LogP contribution is -3.10. The molecule has 2 aromatic rings. The maximum Gasteiger partial charge on any atom is 0.196 e. The third-order valence-corrected chi connectivity index (χ3v) is 3.29. The van der Waals surface area contributed by atoms with Crippen molar-refractivity contribution in [2.45, 2.75) is 0 Å². The number of hydrogen-bond acceptors (Lipinski definition) is 3. The van der Waals surface area contributed by atoms with E-state index in [1.165, 1.54) is 4.90 Å². The van der Waals surface area contributed by atoms with E-state index in [-0.39, 0.29) is 5.78 Å². The molecule has 3 rings (SSSR count). The number of piperidine rings is 1. The summed E-state index contributed by atoms with van der Waals surface area (Å²) in [4.78, 5) is 13.8. The first-order chi connectivity index (χ1) is 9.72. The molecule has 1 aliphatic heterocycles. The summed E-state index contributed by atoms with van der Waals surface area (Å²) in [6.45, 7) is 1.41. The first-order valence-corrected chi connectivity index (χ1v) is 6.56. The number of quaternary nitrogens is 1. The van der Waals surface area contributed by atoms with Gasteiger partial charge in [0.25, 0.3) is 0 Å². The molecule has 1 aliphatic rings. The van der Waals surface area contributed by atoms with Crippen molar-refractivity contribution >= 4 is 17.9 Å². The SMILES string of the molecule is C[NH+]1CC(=Cc2ccco2)C(=O)C(=Cc2ccco2)C1. The highest BCUT2D eigenvalue weighted by atomic mass is 16.3. The zero-order chi connectivity index (χ0) is 13.9. The molecule has 1 N–H and O–H groups in total. The molecule has 0 amide bonds. The van der Waals surface area contributed by atoms with Gasteiger partial charge in [-0.15, -0.1) is 0 Å². The van der Waals surface area contributed by atoms with Crippen LogP contribution >= 0.6 is 0 Å². The van der Waals surface area contributed by atoms with Crippen LogP contribution in [0.3, 0.4) is 0 Å². The molecule has 0 saturated carbocycles. The van der Waals surface area contributed by atoms with Gasteiger partial charge in [0, 0.05) is 0 Å². The lowest BCUT2D eigenvalue weighted by atomic mass is 9.96. The Hall–Kier alpha value is -2.33. The Labute approximate surface area is 117 Å². The van der Waals surface area contributed by atoms with Gasteiger partial charge in [0.15, 0.2) is 5.78 Å². The summed E-state index contributed by atoms with van der Waals surface area (Å²) < 4.78 is 10.6. The van der Waals surface area contributed by atoms with Crippen molar-refractivity contribution in [2.75, 3.05) is 20.1 Å². The van der Waals surface area contributed by atoms with Gasteiger partial charge in [0.05, 0.1) is 30.7 Å². The zero-order valence-corrected chi connectivity index (χ0v) is 11.3. The van der Waals surface area contributed by atoms with Crippen molar-refractivity contribution < 1.29 is 18.5 Å². The number of furan rings is 2. The quantitative estimate of drug-likeness (QED) is 0.840. The molecule has 3 heterocycles. The van der Waals surface area contributed by atoms with Crippen molar-refractivity contribution in [3.8, 4) is 0 Å². The van der Waals surface area contributed by atoms with Crippen LogP contribution in [0.5, 0.6) is 0 Å². The van der Waals surface area contributed by atoms with Crippen LogP contribution in [0.25, 0.3) is 12.2 Å². The fourth-order valence-corrected chi connectivity index (χ4v) is 2.40. The van der Waals surface area contributed by atoms with Gasteiger partial charge in [-0.05, 0) is 36.4 Å². The standard InChI is InChI=1S/C16H15NO3/c1-17-10-12(8-14-4-2-6-19-14)16(18)13(11-17)9-15-5-3-7-20-15/h2-9H,10-11H2,1H3/p+1. The Bertz CT molecular complexity index is 592. The van der Waals surface area contributed by atoms with Crippen molar-refractivity contribution in [1.29, 1.82) is 0 Å². The third kappa shape index (κ3) is 2.65. The van der Waals surface area contributed by atoms with Gasteiger partial charge in [0.1, 0.15) is 24.6 Å². The van der Waals surface area contributed by atoms with E-state index in [0.29, 0.717) is 24.6 Å². The fourth-order valence-electron chi connectivity index (χ4n) is 2.40. The van der Waals surface area contributed by atoms with E-state index < -0.39 is 0 Å². The molecule has 20 heavy (non-hydrogen) atoms. The minimum Gasteiger partial charge on any atom is -0.465 e. The number of carbonyl (C=O) groups excluding carboxylic acids is 1. The third-order valence-electron chi connectivity index (χ3n) is 3.29.